The minimum atomic E-state index is -1.25. The summed E-state index contributed by atoms with van der Waals surface area (Å²) in [5.74, 6) is -3.05. The van der Waals surface area contributed by atoms with E-state index in [0.29, 0.717) is 22.4 Å². The Kier molecular flexibility index (Phi) is 6.29. The summed E-state index contributed by atoms with van der Waals surface area (Å²) < 4.78 is 4.51. The van der Waals surface area contributed by atoms with Gasteiger partial charge in [-0.25, -0.2) is 4.79 Å². The van der Waals surface area contributed by atoms with E-state index in [1.54, 1.807) is 30.3 Å². The summed E-state index contributed by atoms with van der Waals surface area (Å²) in [7, 11) is 1.14. The van der Waals surface area contributed by atoms with Gasteiger partial charge in [-0.15, -0.1) is 5.06 Å². The topological polar surface area (TPSA) is 107 Å². The van der Waals surface area contributed by atoms with E-state index in [1.807, 2.05) is 0 Å². The van der Waals surface area contributed by atoms with Gasteiger partial charge in [-0.1, -0.05) is 42.1 Å². The standard InChI is InChI=1S/C16H15NO7S/c1-23-14(20)9-11(25-16(22)10-5-3-2-4-6-10)15(21)24-17-12(18)7-8-13(17)19/h2-6,11H,7-9H2,1H3. The SMILES string of the molecule is COC(=O)CC(SC(=O)c1ccccc1)C(=O)ON1C(=O)CCC1=O. The smallest absolute Gasteiger partial charge is 0.347 e. The maximum Gasteiger partial charge on any atom is 0.347 e. The number of esters is 1. The first-order valence-corrected chi connectivity index (χ1v) is 8.20. The van der Waals surface area contributed by atoms with Crippen LogP contribution < -0.4 is 0 Å². The second kappa shape index (κ2) is 8.43. The third-order valence-corrected chi connectivity index (χ3v) is 4.38. The zero-order valence-electron chi connectivity index (χ0n) is 13.3. The molecule has 1 aliphatic heterocycles. The maximum atomic E-state index is 12.3. The van der Waals surface area contributed by atoms with Gasteiger partial charge in [-0.2, -0.15) is 0 Å². The fourth-order valence-electron chi connectivity index (χ4n) is 1.99. The lowest BCUT2D eigenvalue weighted by molar-refractivity contribution is -0.197. The number of carbonyl (C=O) groups is 5. The van der Waals surface area contributed by atoms with E-state index in [1.165, 1.54) is 0 Å². The van der Waals surface area contributed by atoms with E-state index in [9.17, 15) is 24.0 Å². The van der Waals surface area contributed by atoms with Gasteiger partial charge in [0.25, 0.3) is 11.8 Å². The van der Waals surface area contributed by atoms with Crippen LogP contribution in [0, 0.1) is 0 Å². The Morgan fingerprint density at radius 2 is 1.72 bits per heavy atom. The molecule has 1 saturated heterocycles. The molecule has 1 fully saturated rings. The van der Waals surface area contributed by atoms with Gasteiger partial charge in [0.05, 0.1) is 13.5 Å². The molecule has 0 aromatic heterocycles. The predicted molar refractivity (Wildman–Crippen MR) is 86.0 cm³/mol. The van der Waals surface area contributed by atoms with Gasteiger partial charge in [-0.3, -0.25) is 19.2 Å². The molecule has 1 atom stereocenters. The van der Waals surface area contributed by atoms with Crippen molar-refractivity contribution in [1.29, 1.82) is 0 Å². The highest BCUT2D eigenvalue weighted by molar-refractivity contribution is 8.15. The molecule has 0 N–H and O–H groups in total. The molecule has 9 heteroatoms. The largest absolute Gasteiger partial charge is 0.469 e. The number of imide groups is 1. The van der Waals surface area contributed by atoms with Crippen molar-refractivity contribution in [3.63, 3.8) is 0 Å². The molecule has 1 aliphatic rings. The highest BCUT2D eigenvalue weighted by Gasteiger charge is 2.36. The Morgan fingerprint density at radius 3 is 2.28 bits per heavy atom. The Hall–Kier alpha value is -2.68. The number of ether oxygens (including phenoxy) is 1. The van der Waals surface area contributed by atoms with Gasteiger partial charge in [-0.05, 0) is 0 Å². The summed E-state index contributed by atoms with van der Waals surface area (Å²) in [5, 5.41) is -1.33. The summed E-state index contributed by atoms with van der Waals surface area (Å²) in [6.07, 6.45) is -0.539. The molecular formula is C16H15NO7S. The van der Waals surface area contributed by atoms with Gasteiger partial charge >= 0.3 is 11.9 Å². The minimum Gasteiger partial charge on any atom is -0.469 e. The lowest BCUT2D eigenvalue weighted by Crippen LogP contribution is -2.36. The molecule has 0 spiro atoms. The molecule has 1 aromatic rings. The molecule has 2 amide bonds. The molecule has 2 rings (SSSR count). The summed E-state index contributed by atoms with van der Waals surface area (Å²) in [5.41, 5.74) is 0.337. The summed E-state index contributed by atoms with van der Waals surface area (Å²) in [6.45, 7) is 0. The number of methoxy groups -OCH3 is 1. The van der Waals surface area contributed by atoms with Crippen molar-refractivity contribution in [2.24, 2.45) is 0 Å². The summed E-state index contributed by atoms with van der Waals surface area (Å²) >= 11 is 0.572. The van der Waals surface area contributed by atoms with Gasteiger partial charge in [0, 0.05) is 18.4 Å². The van der Waals surface area contributed by atoms with Crippen LogP contribution in [-0.2, 0) is 28.8 Å². The van der Waals surface area contributed by atoms with Crippen molar-refractivity contribution in [3.05, 3.63) is 35.9 Å². The van der Waals surface area contributed by atoms with Crippen LogP contribution in [0.2, 0.25) is 0 Å². The van der Waals surface area contributed by atoms with Gasteiger partial charge in [0.1, 0.15) is 5.25 Å². The molecule has 0 bridgehead atoms. The quantitative estimate of drug-likeness (QED) is 0.545. The second-order valence-corrected chi connectivity index (χ2v) is 6.21. The molecule has 8 nitrogen and oxygen atoms in total. The van der Waals surface area contributed by atoms with Gasteiger partial charge < -0.3 is 9.57 Å². The highest BCUT2D eigenvalue weighted by atomic mass is 32.2. The van der Waals surface area contributed by atoms with Crippen molar-refractivity contribution >= 4 is 40.6 Å². The Balaban J connectivity index is 2.10. The fourth-order valence-corrected chi connectivity index (χ4v) is 2.88. The van der Waals surface area contributed by atoms with Crippen molar-refractivity contribution in [2.45, 2.75) is 24.5 Å². The fraction of sp³-hybridized carbons (Fsp3) is 0.312. The van der Waals surface area contributed by atoms with E-state index in [4.69, 9.17) is 4.84 Å². The molecule has 25 heavy (non-hydrogen) atoms. The van der Waals surface area contributed by atoms with Gasteiger partial charge in [0.15, 0.2) is 0 Å². The number of nitrogens with zero attached hydrogens (tertiary/aromatic N) is 1. The van der Waals surface area contributed by atoms with Crippen molar-refractivity contribution in [3.8, 4) is 0 Å². The van der Waals surface area contributed by atoms with Crippen molar-refractivity contribution in [1.82, 2.24) is 5.06 Å². The van der Waals surface area contributed by atoms with Crippen LogP contribution in [0.5, 0.6) is 0 Å². The molecule has 132 valence electrons. The third-order valence-electron chi connectivity index (χ3n) is 3.29. The number of thioether (sulfide) groups is 1. The Bertz CT molecular complexity index is 688. The number of hydroxylamine groups is 2. The molecule has 0 saturated carbocycles. The van der Waals surface area contributed by atoms with Crippen LogP contribution in [0.3, 0.4) is 0 Å². The second-order valence-electron chi connectivity index (χ2n) is 5.03. The van der Waals surface area contributed by atoms with Crippen LogP contribution in [0.1, 0.15) is 29.6 Å². The molecule has 1 unspecified atom stereocenters. The first kappa shape index (κ1) is 18.7. The number of benzene rings is 1. The van der Waals surface area contributed by atoms with E-state index in [0.717, 1.165) is 7.11 Å². The molecule has 1 aromatic carbocycles. The van der Waals surface area contributed by atoms with Crippen LogP contribution >= 0.6 is 11.8 Å². The van der Waals surface area contributed by atoms with Crippen LogP contribution in [0.15, 0.2) is 30.3 Å². The number of amides is 2. The molecular weight excluding hydrogens is 350 g/mol. The van der Waals surface area contributed by atoms with Crippen molar-refractivity contribution in [2.75, 3.05) is 7.11 Å². The predicted octanol–water partition coefficient (Wildman–Crippen LogP) is 1.10. The zero-order chi connectivity index (χ0) is 18.4. The summed E-state index contributed by atoms with van der Waals surface area (Å²) in [6, 6.07) is 8.16. The number of carbonyl (C=O) groups excluding carboxylic acids is 5. The normalized spacial score (nSPS) is 15.0. The van der Waals surface area contributed by atoms with Crippen LogP contribution in [0.25, 0.3) is 0 Å². The monoisotopic (exact) mass is 365 g/mol. The maximum absolute atomic E-state index is 12.3. The van der Waals surface area contributed by atoms with Crippen LogP contribution in [0.4, 0.5) is 0 Å². The Morgan fingerprint density at radius 1 is 1.12 bits per heavy atom. The lowest BCUT2D eigenvalue weighted by atomic mass is 10.2. The lowest BCUT2D eigenvalue weighted by Gasteiger charge is -2.17. The van der Waals surface area contributed by atoms with E-state index >= 15 is 0 Å². The number of hydrogen-bond donors (Lipinski definition) is 0. The van der Waals surface area contributed by atoms with E-state index in [2.05, 4.69) is 4.74 Å². The van der Waals surface area contributed by atoms with E-state index in [-0.39, 0.29) is 12.8 Å². The molecule has 0 radical (unpaired) electrons. The van der Waals surface area contributed by atoms with Crippen LogP contribution in [-0.4, -0.2) is 46.3 Å². The highest BCUT2D eigenvalue weighted by Crippen LogP contribution is 2.24. The first-order valence-electron chi connectivity index (χ1n) is 7.32. The minimum absolute atomic E-state index is 0.0517. The average Bonchev–Trinajstić information content (AvgIpc) is 2.93. The zero-order valence-corrected chi connectivity index (χ0v) is 14.1. The molecule has 1 heterocycles. The van der Waals surface area contributed by atoms with Gasteiger partial charge in [0.2, 0.25) is 5.12 Å². The van der Waals surface area contributed by atoms with E-state index < -0.39 is 40.5 Å². The molecule has 0 aliphatic carbocycles. The third kappa shape index (κ3) is 4.90. The number of rotatable bonds is 6. The first-order chi connectivity index (χ1) is 11.9. The summed E-state index contributed by atoms with van der Waals surface area (Å²) in [4.78, 5) is 63.9. The number of hydrogen-bond acceptors (Lipinski definition) is 8. The Labute approximate surface area is 147 Å². The van der Waals surface area contributed by atoms with Crippen molar-refractivity contribution < 1.29 is 33.5 Å². The average molecular weight is 365 g/mol.